The largest absolute Gasteiger partial charge is 0.484 e. The van der Waals surface area contributed by atoms with Gasteiger partial charge >= 0.3 is 0 Å². The number of rotatable bonds is 5. The first kappa shape index (κ1) is 19.5. The Morgan fingerprint density at radius 2 is 1.93 bits per heavy atom. The summed E-state index contributed by atoms with van der Waals surface area (Å²) in [7, 11) is 0. The average Bonchev–Trinajstić information content (AvgIpc) is 3.14. The van der Waals surface area contributed by atoms with E-state index in [0.717, 1.165) is 39.4 Å². The highest BCUT2D eigenvalue weighted by molar-refractivity contribution is 8.14. The summed E-state index contributed by atoms with van der Waals surface area (Å²) < 4.78 is 5.84. The first-order valence-corrected chi connectivity index (χ1v) is 10.8. The lowest BCUT2D eigenvalue weighted by Crippen LogP contribution is -2.41. The van der Waals surface area contributed by atoms with Crippen molar-refractivity contribution in [2.24, 2.45) is 4.99 Å². The Hall–Kier alpha value is -2.79. The van der Waals surface area contributed by atoms with Crippen LogP contribution in [0.5, 0.6) is 5.75 Å². The third-order valence-corrected chi connectivity index (χ3v) is 6.12. The minimum atomic E-state index is -0.0542. The Labute approximate surface area is 175 Å². The van der Waals surface area contributed by atoms with Gasteiger partial charge in [0.25, 0.3) is 5.91 Å². The molecule has 0 bridgehead atoms. The smallest absolute Gasteiger partial charge is 0.266 e. The van der Waals surface area contributed by atoms with Crippen molar-refractivity contribution in [3.8, 4) is 5.75 Å². The standard InChI is InChI=1S/C24H24N2O2S/c1-3-21-16-29-24(25-20-10-6-7-17(2)13-20)26(21)23(27)15-28-22-12-11-18-8-4-5-9-19(18)14-22/h4-14,21H,3,15-16H2,1-2H3/t21-/m0/s1. The van der Waals surface area contributed by atoms with Gasteiger partial charge in [0.05, 0.1) is 5.69 Å². The number of carbonyl (C=O) groups excluding carboxylic acids is 1. The van der Waals surface area contributed by atoms with Gasteiger partial charge in [0.15, 0.2) is 11.8 Å². The van der Waals surface area contributed by atoms with Gasteiger partial charge in [0, 0.05) is 11.8 Å². The van der Waals surface area contributed by atoms with Gasteiger partial charge in [-0.1, -0.05) is 61.2 Å². The van der Waals surface area contributed by atoms with Crippen LogP contribution in [-0.2, 0) is 4.79 Å². The molecule has 3 aromatic rings. The fourth-order valence-electron chi connectivity index (χ4n) is 3.45. The number of benzene rings is 3. The number of nitrogens with zero attached hydrogens (tertiary/aromatic N) is 2. The summed E-state index contributed by atoms with van der Waals surface area (Å²) in [5.74, 6) is 1.51. The van der Waals surface area contributed by atoms with Crippen molar-refractivity contribution in [3.05, 3.63) is 72.3 Å². The Morgan fingerprint density at radius 1 is 1.10 bits per heavy atom. The number of amides is 1. The van der Waals surface area contributed by atoms with E-state index in [1.807, 2.05) is 72.5 Å². The molecule has 4 nitrogen and oxygen atoms in total. The number of fused-ring (bicyclic) bond motifs is 1. The molecule has 29 heavy (non-hydrogen) atoms. The number of amidine groups is 1. The molecule has 1 aliphatic heterocycles. The minimum Gasteiger partial charge on any atom is -0.484 e. The van der Waals surface area contributed by atoms with Gasteiger partial charge in [-0.2, -0.15) is 0 Å². The van der Waals surface area contributed by atoms with Crippen LogP contribution in [-0.4, -0.2) is 34.4 Å². The van der Waals surface area contributed by atoms with Crippen molar-refractivity contribution in [2.45, 2.75) is 26.3 Å². The number of aliphatic imine (C=N–C) groups is 1. The second-order valence-electron chi connectivity index (χ2n) is 7.17. The van der Waals surface area contributed by atoms with Crippen LogP contribution in [0, 0.1) is 6.92 Å². The van der Waals surface area contributed by atoms with Crippen LogP contribution >= 0.6 is 11.8 Å². The first-order chi connectivity index (χ1) is 14.1. The summed E-state index contributed by atoms with van der Waals surface area (Å²) in [6, 6.07) is 22.2. The number of hydrogen-bond donors (Lipinski definition) is 0. The van der Waals surface area contributed by atoms with E-state index < -0.39 is 0 Å². The molecule has 1 atom stereocenters. The second kappa shape index (κ2) is 8.70. The van der Waals surface area contributed by atoms with Gasteiger partial charge in [-0.25, -0.2) is 4.99 Å². The first-order valence-electron chi connectivity index (χ1n) is 9.86. The Kier molecular flexibility index (Phi) is 5.86. The normalized spacial score (nSPS) is 17.8. The zero-order chi connectivity index (χ0) is 20.2. The molecule has 0 aromatic heterocycles. The maximum absolute atomic E-state index is 13.0. The fourth-order valence-corrected chi connectivity index (χ4v) is 4.73. The van der Waals surface area contributed by atoms with E-state index in [1.54, 1.807) is 11.8 Å². The summed E-state index contributed by atoms with van der Waals surface area (Å²) in [6.45, 7) is 4.15. The fraction of sp³-hybridized carbons (Fsp3) is 0.250. The highest BCUT2D eigenvalue weighted by atomic mass is 32.2. The van der Waals surface area contributed by atoms with E-state index in [-0.39, 0.29) is 18.6 Å². The van der Waals surface area contributed by atoms with E-state index in [9.17, 15) is 4.79 Å². The molecule has 1 aliphatic rings. The Morgan fingerprint density at radius 3 is 2.72 bits per heavy atom. The molecule has 3 aromatic carbocycles. The molecular formula is C24H24N2O2S. The van der Waals surface area contributed by atoms with E-state index in [0.29, 0.717) is 5.75 Å². The Bertz CT molecular complexity index is 1060. The lowest BCUT2D eigenvalue weighted by Gasteiger charge is -2.23. The van der Waals surface area contributed by atoms with Crippen LogP contribution in [0.15, 0.2) is 71.7 Å². The van der Waals surface area contributed by atoms with Crippen LogP contribution in [0.25, 0.3) is 10.8 Å². The van der Waals surface area contributed by atoms with Crippen molar-refractivity contribution in [1.82, 2.24) is 4.90 Å². The summed E-state index contributed by atoms with van der Waals surface area (Å²) in [5.41, 5.74) is 2.02. The van der Waals surface area contributed by atoms with Crippen LogP contribution in [0.3, 0.4) is 0 Å². The lowest BCUT2D eigenvalue weighted by atomic mass is 10.1. The highest BCUT2D eigenvalue weighted by Crippen LogP contribution is 2.29. The molecule has 148 valence electrons. The van der Waals surface area contributed by atoms with Crippen LogP contribution < -0.4 is 4.74 Å². The molecule has 1 saturated heterocycles. The predicted molar refractivity (Wildman–Crippen MR) is 121 cm³/mol. The zero-order valence-corrected chi connectivity index (χ0v) is 17.5. The SMILES string of the molecule is CC[C@H]1CSC(=Nc2cccc(C)c2)N1C(=O)COc1ccc2ccccc2c1. The van der Waals surface area contributed by atoms with E-state index in [1.165, 1.54) is 0 Å². The van der Waals surface area contributed by atoms with Gasteiger partial charge in [-0.05, 0) is 53.9 Å². The second-order valence-corrected chi connectivity index (χ2v) is 8.15. The van der Waals surface area contributed by atoms with Crippen molar-refractivity contribution in [3.63, 3.8) is 0 Å². The van der Waals surface area contributed by atoms with Gasteiger partial charge in [-0.3, -0.25) is 9.69 Å². The van der Waals surface area contributed by atoms with Gasteiger partial charge in [0.2, 0.25) is 0 Å². The van der Waals surface area contributed by atoms with E-state index in [4.69, 9.17) is 9.73 Å². The third kappa shape index (κ3) is 4.46. The molecule has 0 spiro atoms. The molecule has 0 unspecified atom stereocenters. The average molecular weight is 405 g/mol. The molecule has 0 aliphatic carbocycles. The minimum absolute atomic E-state index is 0.00222. The number of aryl methyl sites for hydroxylation is 1. The molecule has 1 amide bonds. The summed E-state index contributed by atoms with van der Waals surface area (Å²) in [6.07, 6.45) is 0.890. The van der Waals surface area contributed by atoms with Crippen LogP contribution in [0.4, 0.5) is 5.69 Å². The number of hydrogen-bond acceptors (Lipinski definition) is 4. The van der Waals surface area contributed by atoms with Crippen molar-refractivity contribution >= 4 is 39.3 Å². The molecule has 0 radical (unpaired) electrons. The summed E-state index contributed by atoms with van der Waals surface area (Å²) >= 11 is 1.64. The highest BCUT2D eigenvalue weighted by Gasteiger charge is 2.34. The quantitative estimate of drug-likeness (QED) is 0.558. The third-order valence-electron chi connectivity index (χ3n) is 5.03. The number of carbonyl (C=O) groups is 1. The lowest BCUT2D eigenvalue weighted by molar-refractivity contribution is -0.130. The maximum Gasteiger partial charge on any atom is 0.266 e. The molecule has 0 N–H and O–H groups in total. The van der Waals surface area contributed by atoms with E-state index in [2.05, 4.69) is 13.0 Å². The molecule has 4 rings (SSSR count). The monoisotopic (exact) mass is 404 g/mol. The maximum atomic E-state index is 13.0. The van der Waals surface area contributed by atoms with Crippen molar-refractivity contribution < 1.29 is 9.53 Å². The zero-order valence-electron chi connectivity index (χ0n) is 16.7. The topological polar surface area (TPSA) is 41.9 Å². The number of ether oxygens (including phenoxy) is 1. The molecule has 0 saturated carbocycles. The van der Waals surface area contributed by atoms with Gasteiger partial charge in [-0.15, -0.1) is 0 Å². The van der Waals surface area contributed by atoms with Crippen molar-refractivity contribution in [2.75, 3.05) is 12.4 Å². The molecule has 1 heterocycles. The number of thioether (sulfide) groups is 1. The summed E-state index contributed by atoms with van der Waals surface area (Å²) in [4.78, 5) is 19.6. The van der Waals surface area contributed by atoms with Crippen LogP contribution in [0.1, 0.15) is 18.9 Å². The molecule has 5 heteroatoms. The van der Waals surface area contributed by atoms with Gasteiger partial charge in [0.1, 0.15) is 5.75 Å². The van der Waals surface area contributed by atoms with E-state index >= 15 is 0 Å². The van der Waals surface area contributed by atoms with Crippen LogP contribution in [0.2, 0.25) is 0 Å². The molecular weight excluding hydrogens is 380 g/mol. The predicted octanol–water partition coefficient (Wildman–Crippen LogP) is 5.57. The van der Waals surface area contributed by atoms with Gasteiger partial charge < -0.3 is 4.74 Å². The Balaban J connectivity index is 1.51. The molecule has 1 fully saturated rings. The summed E-state index contributed by atoms with van der Waals surface area (Å²) in [5, 5.41) is 3.01. The van der Waals surface area contributed by atoms with Crippen molar-refractivity contribution in [1.29, 1.82) is 0 Å².